The third-order valence-electron chi connectivity index (χ3n) is 11.8. The SMILES string of the molecule is c1ccc(-c2ccccc2-c2nc(-c3ccc4ccc5oc6ccc7nc(-c8cccc9ccccc89)oc7c6c5c4c3)nc(-c3cccc4c3sc3ccccc34)n2)cc1. The van der Waals surface area contributed by atoms with Crippen molar-refractivity contribution >= 4 is 86.1 Å². The van der Waals surface area contributed by atoms with Gasteiger partial charge in [0.2, 0.25) is 5.89 Å². The van der Waals surface area contributed by atoms with Crippen LogP contribution in [-0.4, -0.2) is 19.9 Å². The first-order valence-electron chi connectivity index (χ1n) is 20.2. The molecule has 0 atom stereocenters. The van der Waals surface area contributed by atoms with E-state index in [2.05, 4.69) is 133 Å². The fourth-order valence-electron chi connectivity index (χ4n) is 8.94. The molecule has 13 aromatic rings. The monoisotopic (exact) mass is 798 g/mol. The molecule has 4 aromatic heterocycles. The van der Waals surface area contributed by atoms with Crippen molar-refractivity contribution in [2.24, 2.45) is 0 Å². The quantitative estimate of drug-likeness (QED) is 0.173. The van der Waals surface area contributed by atoms with Crippen molar-refractivity contribution in [2.45, 2.75) is 0 Å². The maximum Gasteiger partial charge on any atom is 0.227 e. The molecule has 0 bridgehead atoms. The van der Waals surface area contributed by atoms with Crippen LogP contribution in [0, 0.1) is 0 Å². The Morgan fingerprint density at radius 1 is 0.377 bits per heavy atom. The van der Waals surface area contributed by atoms with Gasteiger partial charge in [-0.2, -0.15) is 0 Å². The van der Waals surface area contributed by atoms with Crippen molar-refractivity contribution in [1.29, 1.82) is 0 Å². The van der Waals surface area contributed by atoms with Gasteiger partial charge in [-0.15, -0.1) is 11.3 Å². The molecule has 0 aliphatic rings. The molecule has 7 heteroatoms. The van der Waals surface area contributed by atoms with Gasteiger partial charge >= 0.3 is 0 Å². The summed E-state index contributed by atoms with van der Waals surface area (Å²) in [6, 6.07) is 62.8. The standard InChI is InChI=1S/C54H30N4O2S/c1-2-12-31(13-3-1)35-16-6-7-19-39(35)52-56-51(57-53(58-52)41-22-11-20-38-37-18-8-9-23-46(37)61-50(38)41)34-25-24-33-26-28-44-47(42(33)30-34)48-45(59-44)29-27-43-49(48)60-54(55-43)40-21-10-15-32-14-4-5-17-36(32)40/h1-30H. The third kappa shape index (κ3) is 5.34. The Morgan fingerprint density at radius 3 is 1.93 bits per heavy atom. The summed E-state index contributed by atoms with van der Waals surface area (Å²) in [5.74, 6) is 2.38. The van der Waals surface area contributed by atoms with Crippen molar-refractivity contribution in [3.63, 3.8) is 0 Å². The van der Waals surface area contributed by atoms with E-state index in [1.165, 1.54) is 15.5 Å². The number of hydrogen-bond acceptors (Lipinski definition) is 7. The topological polar surface area (TPSA) is 77.8 Å². The lowest BCUT2D eigenvalue weighted by molar-refractivity contribution is 0.623. The summed E-state index contributed by atoms with van der Waals surface area (Å²) in [5, 5.41) is 8.55. The first-order valence-corrected chi connectivity index (χ1v) is 21.0. The number of oxazole rings is 1. The van der Waals surface area contributed by atoms with E-state index in [0.29, 0.717) is 28.9 Å². The normalized spacial score (nSPS) is 11.9. The second-order valence-electron chi connectivity index (χ2n) is 15.3. The van der Waals surface area contributed by atoms with Crippen molar-refractivity contribution in [3.8, 4) is 56.7 Å². The maximum absolute atomic E-state index is 6.74. The van der Waals surface area contributed by atoms with Gasteiger partial charge in [-0.25, -0.2) is 19.9 Å². The zero-order valence-corrected chi connectivity index (χ0v) is 33.2. The van der Waals surface area contributed by atoms with Crippen LogP contribution in [0.2, 0.25) is 0 Å². The zero-order valence-electron chi connectivity index (χ0n) is 32.3. The Kier molecular flexibility index (Phi) is 7.37. The molecule has 6 nitrogen and oxygen atoms in total. The molecule has 0 amide bonds. The maximum atomic E-state index is 6.74. The molecule has 0 aliphatic carbocycles. The molecule has 0 saturated carbocycles. The van der Waals surface area contributed by atoms with Crippen molar-refractivity contribution in [2.75, 3.05) is 0 Å². The summed E-state index contributed by atoms with van der Waals surface area (Å²) in [5.41, 5.74) is 8.82. The zero-order chi connectivity index (χ0) is 40.0. The minimum atomic E-state index is 0.573. The van der Waals surface area contributed by atoms with E-state index in [9.17, 15) is 0 Å². The number of fused-ring (bicyclic) bond motifs is 11. The second-order valence-corrected chi connectivity index (χ2v) is 16.4. The highest BCUT2D eigenvalue weighted by molar-refractivity contribution is 7.26. The lowest BCUT2D eigenvalue weighted by Crippen LogP contribution is -2.01. The summed E-state index contributed by atoms with van der Waals surface area (Å²) < 4.78 is 15.7. The van der Waals surface area contributed by atoms with E-state index in [4.69, 9.17) is 28.8 Å². The van der Waals surface area contributed by atoms with E-state index in [0.717, 1.165) is 87.1 Å². The molecular weight excluding hydrogens is 769 g/mol. The first kappa shape index (κ1) is 33.9. The highest BCUT2D eigenvalue weighted by Crippen LogP contribution is 2.43. The average Bonchev–Trinajstić information content (AvgIpc) is 4.05. The van der Waals surface area contributed by atoms with Gasteiger partial charge in [-0.1, -0.05) is 140 Å². The summed E-state index contributed by atoms with van der Waals surface area (Å²) in [4.78, 5) is 20.9. The van der Waals surface area contributed by atoms with Crippen LogP contribution in [0.4, 0.5) is 0 Å². The van der Waals surface area contributed by atoms with Gasteiger partial charge in [0, 0.05) is 47.8 Å². The number of aromatic nitrogens is 4. The molecule has 0 saturated heterocycles. The van der Waals surface area contributed by atoms with Gasteiger partial charge in [0.1, 0.15) is 16.7 Å². The van der Waals surface area contributed by atoms with Crippen LogP contribution in [0.1, 0.15) is 0 Å². The van der Waals surface area contributed by atoms with E-state index in [1.807, 2.05) is 48.5 Å². The minimum Gasteiger partial charge on any atom is -0.456 e. The molecule has 0 spiro atoms. The molecular formula is C54H30N4O2S. The number of rotatable bonds is 5. The van der Waals surface area contributed by atoms with E-state index >= 15 is 0 Å². The molecule has 61 heavy (non-hydrogen) atoms. The van der Waals surface area contributed by atoms with Gasteiger partial charge < -0.3 is 8.83 Å². The molecule has 284 valence electrons. The summed E-state index contributed by atoms with van der Waals surface area (Å²) >= 11 is 1.77. The molecule has 0 N–H and O–H groups in total. The number of thiophene rings is 1. The Balaban J connectivity index is 1.05. The fourth-order valence-corrected chi connectivity index (χ4v) is 10.2. The lowest BCUT2D eigenvalue weighted by Gasteiger charge is -2.13. The van der Waals surface area contributed by atoms with Gasteiger partial charge in [-0.05, 0) is 75.1 Å². The highest BCUT2D eigenvalue weighted by Gasteiger charge is 2.22. The summed E-state index contributed by atoms with van der Waals surface area (Å²) in [6.45, 7) is 0. The Bertz CT molecular complexity index is 3900. The Morgan fingerprint density at radius 2 is 1.02 bits per heavy atom. The molecule has 0 aliphatic heterocycles. The molecule has 0 radical (unpaired) electrons. The Labute approximate surface area is 352 Å². The van der Waals surface area contributed by atoms with E-state index in [1.54, 1.807) is 11.3 Å². The van der Waals surface area contributed by atoms with Gasteiger partial charge in [-0.3, -0.25) is 0 Å². The highest BCUT2D eigenvalue weighted by atomic mass is 32.1. The van der Waals surface area contributed by atoms with Crippen LogP contribution in [-0.2, 0) is 0 Å². The minimum absolute atomic E-state index is 0.573. The van der Waals surface area contributed by atoms with E-state index in [-0.39, 0.29) is 0 Å². The number of nitrogens with zero attached hydrogens (tertiary/aromatic N) is 4. The van der Waals surface area contributed by atoms with Gasteiger partial charge in [0.15, 0.2) is 23.1 Å². The number of benzene rings is 9. The van der Waals surface area contributed by atoms with Crippen molar-refractivity contribution in [3.05, 3.63) is 182 Å². The summed E-state index contributed by atoms with van der Waals surface area (Å²) in [7, 11) is 0. The molecule has 9 aromatic carbocycles. The van der Waals surface area contributed by atoms with Crippen LogP contribution >= 0.6 is 11.3 Å². The fraction of sp³-hybridized carbons (Fsp3) is 0. The van der Waals surface area contributed by atoms with Gasteiger partial charge in [0.05, 0.1) is 5.39 Å². The Hall–Kier alpha value is -8.00. The summed E-state index contributed by atoms with van der Waals surface area (Å²) in [6.07, 6.45) is 0. The lowest BCUT2D eigenvalue weighted by atomic mass is 9.99. The first-order chi connectivity index (χ1) is 30.2. The molecule has 13 rings (SSSR count). The predicted octanol–water partition coefficient (Wildman–Crippen LogP) is 14.9. The van der Waals surface area contributed by atoms with Crippen LogP contribution in [0.3, 0.4) is 0 Å². The third-order valence-corrected chi connectivity index (χ3v) is 13.0. The number of hydrogen-bond donors (Lipinski definition) is 0. The molecule has 4 heterocycles. The van der Waals surface area contributed by atoms with Crippen LogP contribution < -0.4 is 0 Å². The van der Waals surface area contributed by atoms with Crippen molar-refractivity contribution < 1.29 is 8.83 Å². The van der Waals surface area contributed by atoms with Crippen LogP contribution in [0.25, 0.3) is 132 Å². The number of furan rings is 1. The average molecular weight is 799 g/mol. The van der Waals surface area contributed by atoms with Gasteiger partial charge in [0.25, 0.3) is 0 Å². The smallest absolute Gasteiger partial charge is 0.227 e. The molecule has 0 fully saturated rings. The van der Waals surface area contributed by atoms with Crippen LogP contribution in [0.5, 0.6) is 0 Å². The van der Waals surface area contributed by atoms with E-state index < -0.39 is 0 Å². The largest absolute Gasteiger partial charge is 0.456 e. The van der Waals surface area contributed by atoms with Crippen LogP contribution in [0.15, 0.2) is 191 Å². The predicted molar refractivity (Wildman–Crippen MR) is 250 cm³/mol. The van der Waals surface area contributed by atoms with Crippen molar-refractivity contribution in [1.82, 2.24) is 19.9 Å². The second kappa shape index (κ2) is 13.3. The molecule has 0 unspecified atom stereocenters.